The molecule has 0 amide bonds. The van der Waals surface area contributed by atoms with Gasteiger partial charge in [-0.2, -0.15) is 0 Å². The highest BCUT2D eigenvalue weighted by Gasteiger charge is 2.31. The lowest BCUT2D eigenvalue weighted by molar-refractivity contribution is -0.0658. The maximum Gasteiger partial charge on any atom is 0.209 e. The van der Waals surface area contributed by atoms with Crippen molar-refractivity contribution in [2.24, 2.45) is 5.73 Å². The van der Waals surface area contributed by atoms with Crippen molar-refractivity contribution in [1.29, 1.82) is 0 Å². The zero-order valence-electron chi connectivity index (χ0n) is 56.5. The Labute approximate surface area is 585 Å². The van der Waals surface area contributed by atoms with Crippen LogP contribution in [0.4, 0.5) is 68.2 Å². The van der Waals surface area contributed by atoms with E-state index in [1.54, 1.807) is 77.7 Å². The molecule has 0 aliphatic carbocycles. The highest BCUT2D eigenvalue weighted by molar-refractivity contribution is 8.00. The molecule has 0 saturated heterocycles. The van der Waals surface area contributed by atoms with E-state index in [1.165, 1.54) is 12.8 Å². The van der Waals surface area contributed by atoms with Crippen molar-refractivity contribution >= 4 is 139 Å². The Morgan fingerprint density at radius 1 is 0.358 bits per heavy atom. The van der Waals surface area contributed by atoms with Crippen LogP contribution < -0.4 is 103 Å². The number of hydrogen-bond donors (Lipinski definition) is 13. The van der Waals surface area contributed by atoms with Gasteiger partial charge in [-0.1, -0.05) is 40.0 Å². The summed E-state index contributed by atoms with van der Waals surface area (Å²) in [6, 6.07) is 11.4. The number of anilines is 12. The third-order valence-corrected chi connectivity index (χ3v) is 22.7. The van der Waals surface area contributed by atoms with Crippen LogP contribution in [0.2, 0.25) is 0 Å². The first-order valence-electron chi connectivity index (χ1n) is 31.6. The van der Waals surface area contributed by atoms with Gasteiger partial charge >= 0.3 is 0 Å². The zero-order valence-corrected chi connectivity index (χ0v) is 61.4. The molecule has 95 heavy (non-hydrogen) atoms. The van der Waals surface area contributed by atoms with Crippen molar-refractivity contribution in [3.63, 3.8) is 0 Å². The fourth-order valence-corrected chi connectivity index (χ4v) is 16.4. The van der Waals surface area contributed by atoms with Crippen molar-refractivity contribution in [2.75, 3.05) is 124 Å². The predicted molar refractivity (Wildman–Crippen MR) is 404 cm³/mol. The van der Waals surface area contributed by atoms with Crippen LogP contribution in [0.25, 0.3) is 0 Å². The Balaban J connectivity index is 0.000000161. The molecule has 6 heterocycles. The number of benzene rings is 6. The summed E-state index contributed by atoms with van der Waals surface area (Å²) >= 11 is 10.0. The molecule has 0 aromatic heterocycles. The summed E-state index contributed by atoms with van der Waals surface area (Å²) < 4.78 is 50.7. The van der Waals surface area contributed by atoms with E-state index in [1.807, 2.05) is 84.9 Å². The Morgan fingerprint density at radius 3 is 0.979 bits per heavy atom. The predicted octanol–water partition coefficient (Wildman–Crippen LogP) is 13.0. The summed E-state index contributed by atoms with van der Waals surface area (Å²) in [5, 5.41) is 0. The highest BCUT2D eigenvalue weighted by Crippen LogP contribution is 2.51. The van der Waals surface area contributed by atoms with Gasteiger partial charge in [0.25, 0.3) is 0 Å². The van der Waals surface area contributed by atoms with E-state index in [4.69, 9.17) is 117 Å². The Bertz CT molecular complexity index is 3480. The van der Waals surface area contributed by atoms with Crippen LogP contribution in [0.3, 0.4) is 0 Å². The quantitative estimate of drug-likeness (QED) is 0.0536. The van der Waals surface area contributed by atoms with Crippen LogP contribution >= 0.6 is 70.6 Å². The first kappa shape index (κ1) is 76.0. The summed E-state index contributed by atoms with van der Waals surface area (Å²) in [7, 11) is 1.62. The number of methoxy groups -OCH3 is 1. The van der Waals surface area contributed by atoms with Crippen molar-refractivity contribution in [1.82, 2.24) is 0 Å². The smallest absolute Gasteiger partial charge is 0.209 e. The molecule has 26 N–H and O–H groups in total. The molecule has 6 aromatic carbocycles. The average Bonchev–Trinajstić information content (AvgIpc) is 0.864. The van der Waals surface area contributed by atoms with Crippen LogP contribution in [0, 0.1) is 41.5 Å². The van der Waals surface area contributed by atoms with E-state index in [2.05, 4.69) is 20.8 Å². The second kappa shape index (κ2) is 35.2. The molecule has 6 atom stereocenters. The largest absolute Gasteiger partial charge is 0.486 e. The van der Waals surface area contributed by atoms with Crippen LogP contribution in [0.5, 0.6) is 34.5 Å². The van der Waals surface area contributed by atoms with Crippen molar-refractivity contribution in [2.45, 2.75) is 174 Å². The molecule has 22 nitrogen and oxygen atoms in total. The van der Waals surface area contributed by atoms with Crippen molar-refractivity contribution in [3.8, 4) is 34.5 Å². The van der Waals surface area contributed by atoms with Crippen molar-refractivity contribution < 1.29 is 42.6 Å². The Kier molecular flexibility index (Phi) is 28.2. The molecule has 0 saturated carbocycles. The molecule has 6 aliphatic heterocycles. The van der Waals surface area contributed by atoms with Gasteiger partial charge in [0.15, 0.2) is 40.7 Å². The van der Waals surface area contributed by atoms with Gasteiger partial charge in [0.2, 0.25) is 18.9 Å². The van der Waals surface area contributed by atoms with Gasteiger partial charge in [-0.3, -0.25) is 5.73 Å². The van der Waals surface area contributed by atoms with Gasteiger partial charge in [-0.25, -0.2) is 0 Å². The molecule has 6 unspecified atom stereocenters. The van der Waals surface area contributed by atoms with E-state index >= 15 is 0 Å². The number of thioether (sulfide) groups is 6. The molecule has 0 spiro atoms. The van der Waals surface area contributed by atoms with Gasteiger partial charge in [0.1, 0.15) is 12.2 Å². The second-order valence-corrected chi connectivity index (χ2v) is 29.4. The average molecular weight is 1420 g/mol. The SMILES string of the molecule is CCCC1CSc2c(N)cc(C)c(N)c2O1.CCCCC1CSc2c(N)cc(C)c(N)c2O1.CCCOC1CSc2c(N)cc(C)c(N)c2O1.CCOC1CSc2c(N)cc(C)c(N)c2O1.COC1CSc2c(N)cc(C)c(N)c2O1.Cc1cc(N)c2c(c1N)OC(N)CS2. The lowest BCUT2D eigenvalue weighted by atomic mass is 10.1. The fourth-order valence-electron chi connectivity index (χ4n) is 10.3. The number of fused-ring (bicyclic) bond motifs is 6. The molecule has 0 fully saturated rings. The van der Waals surface area contributed by atoms with Gasteiger partial charge in [-0.05, 0) is 138 Å². The summed E-state index contributed by atoms with van der Waals surface area (Å²) in [6.45, 7) is 21.3. The molecule has 522 valence electrons. The fraction of sp³-hybridized carbons (Fsp3) is 0.463. The summed E-state index contributed by atoms with van der Waals surface area (Å²) in [5.41, 5.74) is 91.5. The minimum Gasteiger partial charge on any atom is -0.486 e. The number of hydrogen-bond acceptors (Lipinski definition) is 28. The number of nitrogens with two attached hydrogens (primary N) is 13. The van der Waals surface area contributed by atoms with E-state index in [0.717, 1.165) is 169 Å². The minimum absolute atomic E-state index is 0.226. The standard InChI is InChI=1S/C13H20N2OS.C12H18N2O2S.C12H18N2OS.C11H16N2O2S.C10H14N2O2S.C9H13N3OS/c1-3-4-5-9-7-17-13-10(14)6-8(2)11(15)12(13)16-9;1-3-4-15-9-6-17-12-8(13)5-7(2)10(14)11(12)16-9;1-3-4-8-6-16-12-9(13)5-7(2)10(14)11(12)15-8;1-3-14-8-5-16-11-7(12)4-6(2)9(13)10(11)15-8;1-5-3-6(11)10-9(8(5)12)14-7(13-2)4-15-10;1-4-2-5(10)9-8(7(4)12)13-6(11)3-14-9/h6,9H,3-5,7,14-15H2,1-2H3;5,9H,3-4,6,13-14H2,1-2H3;5,8H,3-4,6,13-14H2,1-2H3;4,8H,3,5,12-13H2,1-2H3;3,7H,4,11-12H2,1-2H3;2,6H,3,10-12H2,1H3. The minimum atomic E-state index is -0.295. The monoisotopic (exact) mass is 1420 g/mol. The lowest BCUT2D eigenvalue weighted by Gasteiger charge is -2.28. The maximum absolute atomic E-state index is 6.07. The summed E-state index contributed by atoms with van der Waals surface area (Å²) in [4.78, 5) is 5.72. The molecule has 0 radical (unpaired) electrons. The number of rotatable bonds is 11. The molecule has 0 bridgehead atoms. The van der Waals surface area contributed by atoms with Crippen LogP contribution in [0.15, 0.2) is 65.8 Å². The maximum atomic E-state index is 6.07. The van der Waals surface area contributed by atoms with Gasteiger partial charge in [0.05, 0.1) is 87.4 Å². The third kappa shape index (κ3) is 19.1. The Hall–Kier alpha value is -6.34. The van der Waals surface area contributed by atoms with Gasteiger partial charge in [-0.15, -0.1) is 70.6 Å². The Morgan fingerprint density at radius 2 is 0.653 bits per heavy atom. The molecular formula is C67H99N13O9S6. The lowest BCUT2D eigenvalue weighted by Crippen LogP contribution is -2.32. The second-order valence-electron chi connectivity index (χ2n) is 23.3. The van der Waals surface area contributed by atoms with Crippen LogP contribution in [-0.4, -0.2) is 92.1 Å². The number of ether oxygens (including phenoxy) is 9. The van der Waals surface area contributed by atoms with E-state index in [-0.39, 0.29) is 37.3 Å². The van der Waals surface area contributed by atoms with Gasteiger partial charge in [0, 0.05) is 65.1 Å². The zero-order chi connectivity index (χ0) is 69.5. The van der Waals surface area contributed by atoms with E-state index < -0.39 is 0 Å². The molecular weight excluding hydrogens is 1320 g/mol. The van der Waals surface area contributed by atoms with Crippen molar-refractivity contribution in [3.05, 3.63) is 69.8 Å². The van der Waals surface area contributed by atoms with Gasteiger partial charge < -0.3 is 111 Å². The van der Waals surface area contributed by atoms with E-state index in [9.17, 15) is 0 Å². The molecule has 6 aromatic rings. The number of unbranched alkanes of at least 4 members (excludes halogenated alkanes) is 1. The molecule has 6 aliphatic rings. The van der Waals surface area contributed by atoms with E-state index in [0.29, 0.717) is 70.4 Å². The highest BCUT2D eigenvalue weighted by atomic mass is 32.2. The van der Waals surface area contributed by atoms with Crippen LogP contribution in [0.1, 0.15) is 99.6 Å². The molecule has 12 rings (SSSR count). The topological polar surface area (TPSA) is 421 Å². The number of nitrogen functional groups attached to an aromatic ring is 12. The van der Waals surface area contributed by atoms with Crippen LogP contribution in [-0.2, 0) is 14.2 Å². The number of aryl methyl sites for hydroxylation is 6. The first-order chi connectivity index (χ1) is 45.2. The summed E-state index contributed by atoms with van der Waals surface area (Å²) in [5.74, 6) is 9.14. The normalized spacial score (nSPS) is 19.1. The summed E-state index contributed by atoms with van der Waals surface area (Å²) in [6.07, 6.45) is 6.20. The third-order valence-electron chi connectivity index (χ3n) is 15.6. The molecule has 28 heteroatoms. The first-order valence-corrected chi connectivity index (χ1v) is 37.6.